The van der Waals surface area contributed by atoms with Crippen molar-refractivity contribution < 1.29 is 9.59 Å². The highest BCUT2D eigenvalue weighted by Gasteiger charge is 2.28. The third-order valence-electron chi connectivity index (χ3n) is 4.72. The van der Waals surface area contributed by atoms with E-state index in [4.69, 9.17) is 11.6 Å². The van der Waals surface area contributed by atoms with Gasteiger partial charge < -0.3 is 10.2 Å². The minimum absolute atomic E-state index is 0.0293. The summed E-state index contributed by atoms with van der Waals surface area (Å²) in [5.41, 5.74) is 3.25. The fourth-order valence-corrected chi connectivity index (χ4v) is 4.22. The van der Waals surface area contributed by atoms with Crippen LogP contribution < -0.4 is 5.32 Å². The lowest BCUT2D eigenvalue weighted by Crippen LogP contribution is -2.49. The Bertz CT molecular complexity index is 828. The van der Waals surface area contributed by atoms with Crippen molar-refractivity contribution in [1.82, 2.24) is 10.2 Å². The molecule has 0 saturated carbocycles. The molecule has 4 nitrogen and oxygen atoms in total. The van der Waals surface area contributed by atoms with Crippen LogP contribution in [0.15, 0.2) is 48.5 Å². The Labute approximate surface area is 183 Å². The molecule has 2 aromatic rings. The van der Waals surface area contributed by atoms with Gasteiger partial charge in [0, 0.05) is 23.9 Å². The van der Waals surface area contributed by atoms with Crippen LogP contribution in [0.5, 0.6) is 0 Å². The van der Waals surface area contributed by atoms with Crippen molar-refractivity contribution in [3.05, 3.63) is 70.2 Å². The highest BCUT2D eigenvalue weighted by molar-refractivity contribution is 7.99. The third kappa shape index (κ3) is 7.09. The summed E-state index contributed by atoms with van der Waals surface area (Å²) in [6.45, 7) is 6.83. The van der Waals surface area contributed by atoms with Gasteiger partial charge in [0.1, 0.15) is 6.04 Å². The number of nitrogens with one attached hydrogen (secondary N) is 1. The molecule has 0 aromatic heterocycles. The first-order valence-corrected chi connectivity index (χ1v) is 11.4. The molecule has 6 heteroatoms. The molecule has 2 rings (SSSR count). The van der Waals surface area contributed by atoms with E-state index in [1.807, 2.05) is 69.3 Å². The van der Waals surface area contributed by atoms with Crippen molar-refractivity contribution in [3.8, 4) is 0 Å². The number of hydrogen-bond acceptors (Lipinski definition) is 3. The number of aryl methyl sites for hydroxylation is 1. The van der Waals surface area contributed by atoms with Crippen LogP contribution in [-0.4, -0.2) is 35.1 Å². The summed E-state index contributed by atoms with van der Waals surface area (Å²) in [4.78, 5) is 27.4. The Morgan fingerprint density at radius 1 is 1.14 bits per heavy atom. The normalized spacial score (nSPS) is 11.7. The second-order valence-corrected chi connectivity index (χ2v) is 8.31. The number of carbonyl (C=O) groups is 2. The molecule has 0 fully saturated rings. The van der Waals surface area contributed by atoms with Crippen LogP contribution in [0, 0.1) is 6.92 Å². The van der Waals surface area contributed by atoms with E-state index < -0.39 is 6.04 Å². The molecule has 0 aliphatic carbocycles. The van der Waals surface area contributed by atoms with E-state index in [0.717, 1.165) is 16.7 Å². The number of likely N-dealkylation sites (N-methyl/N-ethyl adjacent to an activating group) is 1. The zero-order valence-corrected chi connectivity index (χ0v) is 18.9. The molecule has 0 radical (unpaired) electrons. The predicted octanol–water partition coefficient (Wildman–Crippen LogP) is 4.83. The quantitative estimate of drug-likeness (QED) is 0.585. The zero-order valence-electron chi connectivity index (χ0n) is 17.3. The van der Waals surface area contributed by atoms with Crippen molar-refractivity contribution in [2.24, 2.45) is 0 Å². The molecule has 156 valence electrons. The standard InChI is InChI=1S/C23H29ClN2O2S/c1-4-21(23(28)25-5-2)26(14-19-11-7-6-9-17(19)3)22(27)16-29-15-18-10-8-12-20(24)13-18/h6-13,21H,4-5,14-16H2,1-3H3,(H,25,28)/t21-/m1/s1. The molecule has 29 heavy (non-hydrogen) atoms. The Hall–Kier alpha value is -1.98. The summed E-state index contributed by atoms with van der Waals surface area (Å²) < 4.78 is 0. The van der Waals surface area contributed by atoms with Crippen LogP contribution in [-0.2, 0) is 21.9 Å². The smallest absolute Gasteiger partial charge is 0.242 e. The summed E-state index contributed by atoms with van der Waals surface area (Å²) in [7, 11) is 0. The van der Waals surface area contributed by atoms with E-state index in [-0.39, 0.29) is 11.8 Å². The largest absolute Gasteiger partial charge is 0.355 e. The second kappa shape index (κ2) is 11.9. The average molecular weight is 433 g/mol. The van der Waals surface area contributed by atoms with Crippen LogP contribution >= 0.6 is 23.4 Å². The monoisotopic (exact) mass is 432 g/mol. The Kier molecular flexibility index (Phi) is 9.55. The Morgan fingerprint density at radius 3 is 2.55 bits per heavy atom. The minimum Gasteiger partial charge on any atom is -0.355 e. The molecule has 0 aliphatic heterocycles. The number of halogens is 1. The van der Waals surface area contributed by atoms with E-state index in [0.29, 0.717) is 36.0 Å². The maximum atomic E-state index is 13.1. The second-order valence-electron chi connectivity index (χ2n) is 6.89. The predicted molar refractivity (Wildman–Crippen MR) is 122 cm³/mol. The van der Waals surface area contributed by atoms with E-state index in [1.165, 1.54) is 11.8 Å². The lowest BCUT2D eigenvalue weighted by atomic mass is 10.1. The molecule has 0 spiro atoms. The van der Waals surface area contributed by atoms with Gasteiger partial charge in [0.05, 0.1) is 5.75 Å². The van der Waals surface area contributed by atoms with Gasteiger partial charge in [-0.05, 0) is 49.1 Å². The van der Waals surface area contributed by atoms with Gasteiger partial charge in [-0.2, -0.15) is 0 Å². The number of hydrogen-bond donors (Lipinski definition) is 1. The molecule has 0 aliphatic rings. The zero-order chi connectivity index (χ0) is 21.2. The molecule has 2 amide bonds. The van der Waals surface area contributed by atoms with Crippen molar-refractivity contribution in [1.29, 1.82) is 0 Å². The topological polar surface area (TPSA) is 49.4 Å². The van der Waals surface area contributed by atoms with Crippen LogP contribution in [0.3, 0.4) is 0 Å². The number of benzene rings is 2. The van der Waals surface area contributed by atoms with Crippen LogP contribution in [0.1, 0.15) is 37.0 Å². The maximum Gasteiger partial charge on any atom is 0.242 e. The molecule has 2 aromatic carbocycles. The van der Waals surface area contributed by atoms with E-state index in [2.05, 4.69) is 5.32 Å². The third-order valence-corrected chi connectivity index (χ3v) is 5.95. The van der Waals surface area contributed by atoms with E-state index in [9.17, 15) is 9.59 Å². The lowest BCUT2D eigenvalue weighted by Gasteiger charge is -2.31. The average Bonchev–Trinajstić information content (AvgIpc) is 2.69. The maximum absolute atomic E-state index is 13.1. The van der Waals surface area contributed by atoms with Gasteiger partial charge in [0.25, 0.3) is 0 Å². The number of nitrogens with zero attached hydrogens (tertiary/aromatic N) is 1. The highest BCUT2D eigenvalue weighted by atomic mass is 35.5. The van der Waals surface area contributed by atoms with Gasteiger partial charge in [-0.25, -0.2) is 0 Å². The van der Waals surface area contributed by atoms with Gasteiger partial charge in [0.2, 0.25) is 11.8 Å². The van der Waals surface area contributed by atoms with Crippen molar-refractivity contribution >= 4 is 35.2 Å². The van der Waals surface area contributed by atoms with Gasteiger partial charge in [-0.1, -0.05) is 54.9 Å². The van der Waals surface area contributed by atoms with E-state index >= 15 is 0 Å². The Balaban J connectivity index is 2.12. The van der Waals surface area contributed by atoms with Crippen LogP contribution in [0.25, 0.3) is 0 Å². The Morgan fingerprint density at radius 2 is 1.90 bits per heavy atom. The summed E-state index contributed by atoms with van der Waals surface area (Å²) in [5, 5.41) is 3.56. The highest BCUT2D eigenvalue weighted by Crippen LogP contribution is 2.20. The first-order valence-electron chi connectivity index (χ1n) is 9.90. The summed E-state index contributed by atoms with van der Waals surface area (Å²) in [6, 6.07) is 15.2. The van der Waals surface area contributed by atoms with Gasteiger partial charge >= 0.3 is 0 Å². The minimum atomic E-state index is -0.478. The first-order chi connectivity index (χ1) is 14.0. The lowest BCUT2D eigenvalue weighted by molar-refractivity contribution is -0.139. The molecule has 0 unspecified atom stereocenters. The molecule has 0 bridgehead atoms. The van der Waals surface area contributed by atoms with Crippen molar-refractivity contribution in [2.75, 3.05) is 12.3 Å². The summed E-state index contributed by atoms with van der Waals surface area (Å²) >= 11 is 7.58. The van der Waals surface area contributed by atoms with Crippen molar-refractivity contribution in [2.45, 2.75) is 45.5 Å². The fraction of sp³-hybridized carbons (Fsp3) is 0.391. The van der Waals surface area contributed by atoms with Gasteiger partial charge in [-0.3, -0.25) is 9.59 Å². The van der Waals surface area contributed by atoms with Crippen LogP contribution in [0.2, 0.25) is 5.02 Å². The molecule has 1 N–H and O–H groups in total. The SMILES string of the molecule is CCNC(=O)[C@@H](CC)N(Cc1ccccc1C)C(=O)CSCc1cccc(Cl)c1. The molecular formula is C23H29ClN2O2S. The fourth-order valence-electron chi connectivity index (χ4n) is 3.15. The number of rotatable bonds is 10. The molecular weight excluding hydrogens is 404 g/mol. The van der Waals surface area contributed by atoms with Crippen molar-refractivity contribution in [3.63, 3.8) is 0 Å². The number of amides is 2. The van der Waals surface area contributed by atoms with Gasteiger partial charge in [0.15, 0.2) is 0 Å². The number of thioether (sulfide) groups is 1. The van der Waals surface area contributed by atoms with Gasteiger partial charge in [-0.15, -0.1) is 11.8 Å². The molecule has 0 heterocycles. The first kappa shape index (κ1) is 23.3. The summed E-state index contributed by atoms with van der Waals surface area (Å²) in [6.07, 6.45) is 0.572. The number of carbonyl (C=O) groups excluding carboxylic acids is 2. The molecule has 1 atom stereocenters. The summed E-state index contributed by atoms with van der Waals surface area (Å²) in [5.74, 6) is 0.881. The van der Waals surface area contributed by atoms with E-state index in [1.54, 1.807) is 4.90 Å². The van der Waals surface area contributed by atoms with Crippen LogP contribution in [0.4, 0.5) is 0 Å². The molecule has 0 saturated heterocycles.